The molecule has 2 aliphatic rings. The van der Waals surface area contributed by atoms with Gasteiger partial charge >= 0.3 is 10.1 Å². The summed E-state index contributed by atoms with van der Waals surface area (Å²) in [6, 6.07) is 0. The highest BCUT2D eigenvalue weighted by Crippen LogP contribution is 2.25. The Kier molecular flexibility index (Phi) is 4.50. The average molecular weight is 275 g/mol. The first-order valence-corrected chi connectivity index (χ1v) is 8.41. The Morgan fingerprint density at radius 2 is 2.12 bits per heavy atom. The molecule has 0 aromatic carbocycles. The second-order valence-corrected chi connectivity index (χ2v) is 7.06. The average Bonchev–Trinajstić information content (AvgIpc) is 2.80. The van der Waals surface area contributed by atoms with E-state index in [1.165, 1.54) is 18.2 Å². The maximum absolute atomic E-state index is 11.7. The van der Waals surface area contributed by atoms with Crippen molar-refractivity contribution in [2.24, 2.45) is 11.1 Å². The van der Waals surface area contributed by atoms with E-state index < -0.39 is 10.1 Å². The maximum Gasteiger partial charge on any atom is 0.328 e. The lowest BCUT2D eigenvalue weighted by Crippen LogP contribution is -2.19. The lowest BCUT2D eigenvalue weighted by atomic mass is 9.91. The molecule has 0 spiro atoms. The smallest absolute Gasteiger partial charge is 0.268 e. The Bertz CT molecular complexity index is 398. The molecule has 2 rings (SSSR count). The molecule has 0 radical (unpaired) electrons. The van der Waals surface area contributed by atoms with Crippen molar-refractivity contribution >= 4 is 26.9 Å². The van der Waals surface area contributed by atoms with E-state index in [0.717, 1.165) is 25.7 Å². The van der Waals surface area contributed by atoms with E-state index in [2.05, 4.69) is 5.16 Å². The van der Waals surface area contributed by atoms with Crippen LogP contribution < -0.4 is 0 Å². The minimum atomic E-state index is -3.50. The van der Waals surface area contributed by atoms with Crippen LogP contribution in [0.3, 0.4) is 0 Å². The van der Waals surface area contributed by atoms with Crippen molar-refractivity contribution in [3.05, 3.63) is 11.5 Å². The van der Waals surface area contributed by atoms with Gasteiger partial charge in [0.15, 0.2) is 0 Å². The molecule has 0 atom stereocenters. The Labute approximate surface area is 107 Å². The van der Waals surface area contributed by atoms with Crippen LogP contribution in [-0.4, -0.2) is 19.2 Å². The Morgan fingerprint density at radius 1 is 1.35 bits per heavy atom. The van der Waals surface area contributed by atoms with E-state index in [-0.39, 0.29) is 11.7 Å². The largest absolute Gasteiger partial charge is 0.328 e. The topological polar surface area (TPSA) is 55.7 Å². The molecule has 1 saturated carbocycles. The number of oxime groups is 1. The fourth-order valence-electron chi connectivity index (χ4n) is 2.15. The summed E-state index contributed by atoms with van der Waals surface area (Å²) >= 11 is 1.41. The highest BCUT2D eigenvalue weighted by molar-refractivity contribution is 8.16. The quantitative estimate of drug-likeness (QED) is 0.740. The molecule has 0 saturated heterocycles. The van der Waals surface area contributed by atoms with E-state index in [9.17, 15) is 8.42 Å². The zero-order valence-corrected chi connectivity index (χ0v) is 11.3. The van der Waals surface area contributed by atoms with E-state index >= 15 is 0 Å². The van der Waals surface area contributed by atoms with Crippen LogP contribution in [0.5, 0.6) is 0 Å². The van der Waals surface area contributed by atoms with Gasteiger partial charge in [-0.3, -0.25) is 4.28 Å². The van der Waals surface area contributed by atoms with Gasteiger partial charge in [-0.05, 0) is 24.2 Å². The van der Waals surface area contributed by atoms with Gasteiger partial charge in [-0.2, -0.15) is 8.42 Å². The molecule has 1 fully saturated rings. The molecule has 0 unspecified atom stereocenters. The van der Waals surface area contributed by atoms with Crippen LogP contribution in [0.1, 0.15) is 38.5 Å². The van der Waals surface area contributed by atoms with Crippen molar-refractivity contribution in [3.63, 3.8) is 0 Å². The van der Waals surface area contributed by atoms with E-state index in [4.69, 9.17) is 4.28 Å². The number of allylic oxidation sites excluding steroid dienone is 1. The van der Waals surface area contributed by atoms with E-state index in [0.29, 0.717) is 11.5 Å². The lowest BCUT2D eigenvalue weighted by Gasteiger charge is -2.20. The first-order valence-electron chi connectivity index (χ1n) is 5.95. The zero-order valence-electron chi connectivity index (χ0n) is 9.67. The van der Waals surface area contributed by atoms with Crippen molar-refractivity contribution in [1.29, 1.82) is 0 Å². The molecule has 1 aliphatic heterocycles. The van der Waals surface area contributed by atoms with Gasteiger partial charge in [0.05, 0.1) is 5.75 Å². The summed E-state index contributed by atoms with van der Waals surface area (Å²) in [5.41, 5.74) is 0. The first kappa shape index (κ1) is 13.0. The zero-order chi connectivity index (χ0) is 12.1. The monoisotopic (exact) mass is 275 g/mol. The highest BCUT2D eigenvalue weighted by atomic mass is 32.2. The van der Waals surface area contributed by atoms with E-state index in [1.54, 1.807) is 0 Å². The molecule has 96 valence electrons. The molecular formula is C11H17NO3S2. The summed E-state index contributed by atoms with van der Waals surface area (Å²) in [6.45, 7) is 0. The number of rotatable bonds is 4. The molecule has 0 bridgehead atoms. The van der Waals surface area contributed by atoms with Crippen LogP contribution in [0.4, 0.5) is 0 Å². The van der Waals surface area contributed by atoms with Gasteiger partial charge in [0.25, 0.3) is 0 Å². The summed E-state index contributed by atoms with van der Waals surface area (Å²) in [6.07, 6.45) is 8.08. The lowest BCUT2D eigenvalue weighted by molar-refractivity contribution is 0.321. The van der Waals surface area contributed by atoms with E-state index in [1.807, 2.05) is 11.5 Å². The highest BCUT2D eigenvalue weighted by Gasteiger charge is 2.22. The Morgan fingerprint density at radius 3 is 2.76 bits per heavy atom. The van der Waals surface area contributed by atoms with Gasteiger partial charge in [-0.1, -0.05) is 42.3 Å². The molecule has 0 amide bonds. The predicted octanol–water partition coefficient (Wildman–Crippen LogP) is 2.88. The number of hydrogen-bond donors (Lipinski definition) is 0. The van der Waals surface area contributed by atoms with Crippen molar-refractivity contribution in [1.82, 2.24) is 0 Å². The van der Waals surface area contributed by atoms with Gasteiger partial charge < -0.3 is 0 Å². The van der Waals surface area contributed by atoms with Gasteiger partial charge in [0.2, 0.25) is 0 Å². The molecule has 1 aliphatic carbocycles. The standard InChI is InChI=1S/C11H17NO3S2/c13-17(14,9-10-5-2-1-3-6-10)15-12-11-7-4-8-16-11/h4,8,10H,1-3,5-7,9H2/b12-11-. The summed E-state index contributed by atoms with van der Waals surface area (Å²) in [4.78, 5) is 0. The van der Waals surface area contributed by atoms with Crippen molar-refractivity contribution in [2.45, 2.75) is 38.5 Å². The van der Waals surface area contributed by atoms with Crippen LogP contribution in [0.15, 0.2) is 16.6 Å². The molecule has 1 heterocycles. The number of hydrogen-bond acceptors (Lipinski definition) is 5. The normalized spacial score (nSPS) is 24.4. The maximum atomic E-state index is 11.7. The van der Waals surface area contributed by atoms with Gasteiger partial charge in [0.1, 0.15) is 5.04 Å². The molecular weight excluding hydrogens is 258 g/mol. The fourth-order valence-corrected chi connectivity index (χ4v) is 4.00. The Balaban J connectivity index is 1.83. The first-order chi connectivity index (χ1) is 8.16. The molecule has 17 heavy (non-hydrogen) atoms. The van der Waals surface area contributed by atoms with Gasteiger partial charge in [0, 0.05) is 6.42 Å². The van der Waals surface area contributed by atoms with Crippen molar-refractivity contribution in [3.8, 4) is 0 Å². The minimum Gasteiger partial charge on any atom is -0.268 e. The van der Waals surface area contributed by atoms with Crippen LogP contribution in [0, 0.1) is 5.92 Å². The SMILES string of the molecule is O=S(=O)(CC1CCCCC1)O/N=C1/CC=CS1. The summed E-state index contributed by atoms with van der Waals surface area (Å²) < 4.78 is 28.1. The molecule has 0 aromatic rings. The molecule has 6 heteroatoms. The van der Waals surface area contributed by atoms with Crippen LogP contribution in [0.25, 0.3) is 0 Å². The predicted molar refractivity (Wildman–Crippen MR) is 70.2 cm³/mol. The van der Waals surface area contributed by atoms with Crippen molar-refractivity contribution < 1.29 is 12.7 Å². The van der Waals surface area contributed by atoms with Gasteiger partial charge in [-0.25, -0.2) is 0 Å². The minimum absolute atomic E-state index is 0.113. The Hall–Kier alpha value is -0.490. The van der Waals surface area contributed by atoms with Crippen LogP contribution >= 0.6 is 11.8 Å². The second-order valence-electron chi connectivity index (χ2n) is 4.48. The third-order valence-electron chi connectivity index (χ3n) is 3.01. The van der Waals surface area contributed by atoms with Crippen molar-refractivity contribution in [2.75, 3.05) is 5.75 Å². The summed E-state index contributed by atoms with van der Waals surface area (Å²) in [5, 5.41) is 6.28. The fraction of sp³-hybridized carbons (Fsp3) is 0.727. The van der Waals surface area contributed by atoms with Gasteiger partial charge in [-0.15, -0.1) is 0 Å². The third-order valence-corrected chi connectivity index (χ3v) is 5.03. The molecule has 0 aromatic heterocycles. The summed E-state index contributed by atoms with van der Waals surface area (Å²) in [7, 11) is -3.50. The number of nitrogens with zero attached hydrogens (tertiary/aromatic N) is 1. The molecule has 4 nitrogen and oxygen atoms in total. The van der Waals surface area contributed by atoms with Crippen LogP contribution in [-0.2, 0) is 14.4 Å². The summed E-state index contributed by atoms with van der Waals surface area (Å²) in [5.74, 6) is 0.366. The van der Waals surface area contributed by atoms with Crippen LogP contribution in [0.2, 0.25) is 0 Å². The molecule has 0 N–H and O–H groups in total. The third kappa shape index (κ3) is 4.35. The second kappa shape index (κ2) is 5.91. The number of thioether (sulfide) groups is 1.